The van der Waals surface area contributed by atoms with Crippen molar-refractivity contribution < 1.29 is 0 Å². The molecule has 0 aromatic heterocycles. The molecule has 0 radical (unpaired) electrons. The van der Waals surface area contributed by atoms with Crippen molar-refractivity contribution in [1.29, 1.82) is 0 Å². The lowest BCUT2D eigenvalue weighted by atomic mass is 9.93. The summed E-state index contributed by atoms with van der Waals surface area (Å²) in [5.74, 6) is 0.786. The Kier molecular flexibility index (Phi) is 8.04. The van der Waals surface area contributed by atoms with Crippen molar-refractivity contribution in [1.82, 2.24) is 4.90 Å². The Morgan fingerprint density at radius 2 is 1.81 bits per heavy atom. The van der Waals surface area contributed by atoms with Gasteiger partial charge in [0, 0.05) is 18.6 Å². The van der Waals surface area contributed by atoms with Crippen molar-refractivity contribution in [3.8, 4) is 0 Å². The van der Waals surface area contributed by atoms with E-state index in [9.17, 15) is 0 Å². The van der Waals surface area contributed by atoms with Crippen molar-refractivity contribution >= 4 is 0 Å². The van der Waals surface area contributed by atoms with Crippen molar-refractivity contribution in [2.75, 3.05) is 19.6 Å². The minimum atomic E-state index is 0.192. The smallest absolute Gasteiger partial charge is 0.0301 e. The van der Waals surface area contributed by atoms with Crippen molar-refractivity contribution in [2.24, 2.45) is 11.7 Å². The molecule has 0 bridgehead atoms. The summed E-state index contributed by atoms with van der Waals surface area (Å²) in [6.45, 7) is 14.6. The molecule has 0 amide bonds. The van der Waals surface area contributed by atoms with Gasteiger partial charge in [0.25, 0.3) is 0 Å². The molecule has 98 valence electrons. The Morgan fingerprint density at radius 1 is 1.19 bits per heavy atom. The number of hydrogen-bond donors (Lipinski definition) is 1. The molecule has 0 saturated heterocycles. The highest BCUT2D eigenvalue weighted by molar-refractivity contribution is 4.86. The topological polar surface area (TPSA) is 29.3 Å². The molecule has 2 heteroatoms. The average Bonchev–Trinajstić information content (AvgIpc) is 2.28. The fraction of sp³-hybridized carbons (Fsp3) is 1.00. The van der Waals surface area contributed by atoms with E-state index in [2.05, 4.69) is 39.5 Å². The lowest BCUT2D eigenvalue weighted by Gasteiger charge is -2.41. The number of hydrogen-bond acceptors (Lipinski definition) is 2. The van der Waals surface area contributed by atoms with Gasteiger partial charge in [-0.3, -0.25) is 4.90 Å². The van der Waals surface area contributed by atoms with Crippen LogP contribution in [0.5, 0.6) is 0 Å². The van der Waals surface area contributed by atoms with E-state index in [-0.39, 0.29) is 5.54 Å². The van der Waals surface area contributed by atoms with Crippen LogP contribution < -0.4 is 5.73 Å². The normalized spacial score (nSPS) is 17.4. The van der Waals surface area contributed by atoms with Crippen molar-refractivity contribution in [3.05, 3.63) is 0 Å². The van der Waals surface area contributed by atoms with Crippen molar-refractivity contribution in [2.45, 2.75) is 65.8 Å². The van der Waals surface area contributed by atoms with Crippen LogP contribution >= 0.6 is 0 Å². The molecule has 0 saturated carbocycles. The van der Waals surface area contributed by atoms with Gasteiger partial charge in [0.15, 0.2) is 0 Å². The molecular weight excluding hydrogens is 196 g/mol. The molecule has 2 N–H and O–H groups in total. The second-order valence-corrected chi connectivity index (χ2v) is 5.39. The van der Waals surface area contributed by atoms with Gasteiger partial charge in [0.05, 0.1) is 0 Å². The Balaban J connectivity index is 4.46. The summed E-state index contributed by atoms with van der Waals surface area (Å²) in [6, 6.07) is 0. The van der Waals surface area contributed by atoms with Gasteiger partial charge in [-0.15, -0.1) is 0 Å². The van der Waals surface area contributed by atoms with E-state index in [0.29, 0.717) is 0 Å². The summed E-state index contributed by atoms with van der Waals surface area (Å²) in [7, 11) is 0. The standard InChI is InChI=1S/C14H32N2/c1-6-9-13(4)11-16(10-7-2)14(5,8-3)12-15/h13H,6-12,15H2,1-5H3. The first-order valence-corrected chi connectivity index (χ1v) is 6.99. The molecule has 0 spiro atoms. The van der Waals surface area contributed by atoms with Gasteiger partial charge in [-0.25, -0.2) is 0 Å². The molecule has 0 aromatic rings. The molecule has 16 heavy (non-hydrogen) atoms. The molecule has 0 aliphatic heterocycles. The number of nitrogens with two attached hydrogens (primary N) is 1. The largest absolute Gasteiger partial charge is 0.329 e. The number of rotatable bonds is 9. The van der Waals surface area contributed by atoms with Crippen LogP contribution in [0.15, 0.2) is 0 Å². The summed E-state index contributed by atoms with van der Waals surface area (Å²) in [6.07, 6.45) is 4.97. The molecule has 2 unspecified atom stereocenters. The first-order valence-electron chi connectivity index (χ1n) is 6.99. The highest BCUT2D eigenvalue weighted by Crippen LogP contribution is 2.21. The first kappa shape index (κ1) is 15.9. The van der Waals surface area contributed by atoms with Gasteiger partial charge in [-0.1, -0.05) is 34.1 Å². The molecule has 2 nitrogen and oxygen atoms in total. The summed E-state index contributed by atoms with van der Waals surface area (Å²) < 4.78 is 0. The zero-order valence-electron chi connectivity index (χ0n) is 12.1. The third-order valence-corrected chi connectivity index (χ3v) is 3.77. The Bertz CT molecular complexity index is 164. The highest BCUT2D eigenvalue weighted by atomic mass is 15.2. The molecule has 0 aromatic carbocycles. The highest BCUT2D eigenvalue weighted by Gasteiger charge is 2.28. The summed E-state index contributed by atoms with van der Waals surface area (Å²) in [5, 5.41) is 0. The molecular formula is C14H32N2. The molecule has 2 atom stereocenters. The van der Waals surface area contributed by atoms with Crippen LogP contribution in [0.2, 0.25) is 0 Å². The molecule has 0 aliphatic rings. The van der Waals surface area contributed by atoms with Gasteiger partial charge >= 0.3 is 0 Å². The van der Waals surface area contributed by atoms with Gasteiger partial charge in [0.1, 0.15) is 0 Å². The van der Waals surface area contributed by atoms with Crippen LogP contribution in [0.25, 0.3) is 0 Å². The summed E-state index contributed by atoms with van der Waals surface area (Å²) in [5.41, 5.74) is 6.15. The second kappa shape index (κ2) is 8.08. The SMILES string of the molecule is CCCC(C)CN(CCC)C(C)(CC)CN. The fourth-order valence-corrected chi connectivity index (χ4v) is 2.31. The maximum atomic E-state index is 5.96. The summed E-state index contributed by atoms with van der Waals surface area (Å²) in [4.78, 5) is 2.60. The van der Waals surface area contributed by atoms with Crippen LogP contribution in [0, 0.1) is 5.92 Å². The zero-order chi connectivity index (χ0) is 12.6. The first-order chi connectivity index (χ1) is 7.53. The molecule has 0 heterocycles. The van der Waals surface area contributed by atoms with E-state index in [1.807, 2.05) is 0 Å². The quantitative estimate of drug-likeness (QED) is 0.656. The molecule has 0 fully saturated rings. The van der Waals surface area contributed by atoms with E-state index in [0.717, 1.165) is 18.9 Å². The lowest BCUT2D eigenvalue weighted by molar-refractivity contribution is 0.0871. The third kappa shape index (κ3) is 4.84. The monoisotopic (exact) mass is 228 g/mol. The van der Waals surface area contributed by atoms with Gasteiger partial charge in [0.2, 0.25) is 0 Å². The third-order valence-electron chi connectivity index (χ3n) is 3.77. The van der Waals surface area contributed by atoms with E-state index in [1.54, 1.807) is 0 Å². The van der Waals surface area contributed by atoms with Crippen LogP contribution in [-0.2, 0) is 0 Å². The zero-order valence-corrected chi connectivity index (χ0v) is 12.1. The maximum Gasteiger partial charge on any atom is 0.0301 e. The lowest BCUT2D eigenvalue weighted by Crippen LogP contribution is -2.52. The van der Waals surface area contributed by atoms with E-state index < -0.39 is 0 Å². The maximum absolute atomic E-state index is 5.96. The summed E-state index contributed by atoms with van der Waals surface area (Å²) >= 11 is 0. The molecule has 0 rings (SSSR count). The van der Waals surface area contributed by atoms with E-state index in [1.165, 1.54) is 32.4 Å². The van der Waals surface area contributed by atoms with Crippen LogP contribution in [0.1, 0.15) is 60.3 Å². The predicted molar refractivity (Wildman–Crippen MR) is 73.7 cm³/mol. The molecule has 0 aliphatic carbocycles. The van der Waals surface area contributed by atoms with E-state index >= 15 is 0 Å². The number of nitrogens with zero attached hydrogens (tertiary/aromatic N) is 1. The van der Waals surface area contributed by atoms with Crippen LogP contribution in [0.4, 0.5) is 0 Å². The van der Waals surface area contributed by atoms with Crippen LogP contribution in [0.3, 0.4) is 0 Å². The van der Waals surface area contributed by atoms with Gasteiger partial charge in [-0.2, -0.15) is 0 Å². The Labute approximate surface area is 103 Å². The van der Waals surface area contributed by atoms with E-state index in [4.69, 9.17) is 5.73 Å². The predicted octanol–water partition coefficient (Wildman–Crippen LogP) is 3.26. The average molecular weight is 228 g/mol. The Morgan fingerprint density at radius 3 is 2.19 bits per heavy atom. The second-order valence-electron chi connectivity index (χ2n) is 5.39. The van der Waals surface area contributed by atoms with Crippen molar-refractivity contribution in [3.63, 3.8) is 0 Å². The Hall–Kier alpha value is -0.0800. The fourth-order valence-electron chi connectivity index (χ4n) is 2.31. The van der Waals surface area contributed by atoms with Gasteiger partial charge < -0.3 is 5.73 Å². The van der Waals surface area contributed by atoms with Crippen LogP contribution in [-0.4, -0.2) is 30.1 Å². The minimum Gasteiger partial charge on any atom is -0.329 e. The van der Waals surface area contributed by atoms with Gasteiger partial charge in [-0.05, 0) is 38.6 Å². The minimum absolute atomic E-state index is 0.192.